The molecule has 1 aromatic carbocycles. The average Bonchev–Trinajstić information content (AvgIpc) is 0.785. The van der Waals surface area contributed by atoms with Crippen molar-refractivity contribution >= 4 is 0 Å². The number of benzene rings is 1. The first-order chi connectivity index (χ1) is 60.5. The fraction of sp³-hybridized carbons (Fsp3) is 0.933. The Morgan fingerprint density at radius 1 is 0.206 bits per heavy atom. The van der Waals surface area contributed by atoms with Crippen molar-refractivity contribution in [1.82, 2.24) is 0 Å². The second kappa shape index (κ2) is 57.6. The van der Waals surface area contributed by atoms with E-state index < -0.39 is 280 Å². The molecule has 6 saturated heterocycles. The van der Waals surface area contributed by atoms with Crippen LogP contribution in [0.25, 0.3) is 0 Å². The number of rotatable bonds is 63. The molecule has 738 valence electrons. The Hall–Kier alpha value is -2.22. The smallest absolute Gasteiger partial charge is 0.186 e. The molecular weight excluding hydrogens is 1660 g/mol. The van der Waals surface area contributed by atoms with E-state index >= 15 is 0 Å². The van der Waals surface area contributed by atoms with E-state index in [4.69, 9.17) is 56.8 Å². The lowest BCUT2D eigenvalue weighted by Gasteiger charge is -2.44. The van der Waals surface area contributed by atoms with Gasteiger partial charge in [-0.2, -0.15) is 0 Å². The molecule has 6 fully saturated rings. The van der Waals surface area contributed by atoms with Crippen molar-refractivity contribution in [2.45, 2.75) is 436 Å². The average molecular weight is 1820 g/mol. The van der Waals surface area contributed by atoms with Crippen LogP contribution in [0.4, 0.5) is 0 Å². The summed E-state index contributed by atoms with van der Waals surface area (Å²) in [7, 11) is 0. The minimum absolute atomic E-state index is 0.150. The van der Waals surface area contributed by atoms with Gasteiger partial charge in [-0.25, -0.2) is 0 Å². The normalized spacial score (nSPS) is 35.5. The minimum Gasteiger partial charge on any atom is -0.394 e. The quantitative estimate of drug-likeness (QED) is 0.0385. The van der Waals surface area contributed by atoms with Crippen molar-refractivity contribution in [3.63, 3.8) is 0 Å². The number of unbranched alkanes of at least 4 members (excludes halogenated alkanes) is 27. The van der Waals surface area contributed by atoms with Gasteiger partial charge in [0.1, 0.15) is 146 Å². The number of aliphatic hydroxyl groups excluding tert-OH is 24. The van der Waals surface area contributed by atoms with E-state index in [0.717, 1.165) is 154 Å². The molecule has 0 spiro atoms. The molecule has 24 N–H and O–H groups in total. The molecule has 36 nitrogen and oxygen atoms in total. The highest BCUT2D eigenvalue weighted by molar-refractivity contribution is 5.33. The molecule has 7 rings (SSSR count). The second-order valence-electron chi connectivity index (χ2n) is 37.0. The van der Waals surface area contributed by atoms with E-state index in [1.807, 2.05) is 18.2 Å². The lowest BCUT2D eigenvalue weighted by atomic mass is 9.74. The third-order valence-corrected chi connectivity index (χ3v) is 26.4. The van der Waals surface area contributed by atoms with E-state index in [1.54, 1.807) is 0 Å². The highest BCUT2D eigenvalue weighted by Crippen LogP contribution is 2.43. The monoisotopic (exact) mass is 1820 g/mol. The fourth-order valence-electron chi connectivity index (χ4n) is 18.3. The zero-order chi connectivity index (χ0) is 92.1. The van der Waals surface area contributed by atoms with Gasteiger partial charge in [-0.15, -0.1) is 0 Å². The van der Waals surface area contributed by atoms with Crippen molar-refractivity contribution in [2.24, 2.45) is 16.2 Å². The van der Waals surface area contributed by atoms with Crippen molar-refractivity contribution < 1.29 is 179 Å². The molecule has 30 atom stereocenters. The van der Waals surface area contributed by atoms with Gasteiger partial charge < -0.3 is 179 Å². The fourth-order valence-corrected chi connectivity index (χ4v) is 18.3. The predicted molar refractivity (Wildman–Crippen MR) is 453 cm³/mol. The Morgan fingerprint density at radius 2 is 0.349 bits per heavy atom. The van der Waals surface area contributed by atoms with Crippen LogP contribution < -0.4 is 0 Å². The summed E-state index contributed by atoms with van der Waals surface area (Å²) in [6.45, 7) is -1.38. The second-order valence-corrected chi connectivity index (χ2v) is 37.0. The first-order valence-electron chi connectivity index (χ1n) is 47.1. The van der Waals surface area contributed by atoms with Gasteiger partial charge in [-0.1, -0.05) is 232 Å². The summed E-state index contributed by atoms with van der Waals surface area (Å²) in [6.07, 6.45) is -26.0. The van der Waals surface area contributed by atoms with Gasteiger partial charge in [0, 0.05) is 16.2 Å². The van der Waals surface area contributed by atoms with Crippen LogP contribution in [-0.2, 0) is 76.1 Å². The van der Waals surface area contributed by atoms with Crippen molar-refractivity contribution in [3.8, 4) is 0 Å². The van der Waals surface area contributed by atoms with Crippen LogP contribution in [0, 0.1) is 16.2 Å². The SMILES string of the molecule is CCCCCCCCCCCCC(CO[C@@H]1OC(CO)[C@@H](O)[C@H](O)C1O)(CO[C@@H]1OC(CO)[C@@H](O)[C@H](O)C1O)Cc1cc(CC(CCCCCCCCCCCC)(CO[C@@H]2OC(CO)[C@@H](O)[C@H](O)C2O)CO[C@@H]2OC(CO)[C@@H](O)[C@H](O)C2O)cc(CC(CCCCCCCCCCCC)(CO[C@@H]2OC(CO)[C@@H](O)[C@H](O)C2O)CO[C@@H]2OC(CO)[C@@H](O)[C@H](O)C2O)c1. The molecule has 0 radical (unpaired) electrons. The Balaban J connectivity index is 1.51. The minimum atomic E-state index is -1.93. The summed E-state index contributed by atoms with van der Waals surface area (Å²) in [5.74, 6) is 0. The molecule has 0 bridgehead atoms. The van der Waals surface area contributed by atoms with Crippen molar-refractivity contribution in [3.05, 3.63) is 34.9 Å². The van der Waals surface area contributed by atoms with E-state index in [9.17, 15) is 123 Å². The molecule has 6 heterocycles. The highest BCUT2D eigenvalue weighted by atomic mass is 16.7. The number of hydrogen-bond donors (Lipinski definition) is 24. The van der Waals surface area contributed by atoms with Gasteiger partial charge in [0.05, 0.1) is 79.3 Å². The standard InChI is InChI=1S/C90H162O36/c1-4-7-10-13-16-19-22-25-28-31-34-88(49-115-82-76(109)70(103)64(97)58(43-91)121-82,50-116-83-77(110)71(104)65(98)59(44-92)122-83)40-55-37-56(41-89(35-32-29-26-23-20-17-14-11-8-5-2,51-117-84-78(111)72(105)66(99)60(45-93)123-84)52-118-85-79(112)73(106)67(100)61(46-94)124-85)39-57(38-55)42-90(36-33-30-27-24-21-18-15-12-9-6-3,53-119-86-80(113)74(107)68(101)62(47-95)125-86)54-120-87-81(114)75(108)69(102)63(48-96)126-87/h37-39,58-87,91-114H,4-36,40-54H2,1-3H3/t58?,59?,60?,61?,62?,63?,64-,65-,66-,67-,68-,69-,70+,71+,72+,73+,74+,75+,76?,77?,78?,79?,80?,81?,82-,83-,84-,85-,86-,87-,88?,89?,90?/m1/s1. The molecular formula is C90H162O36. The van der Waals surface area contributed by atoms with E-state index in [2.05, 4.69) is 20.8 Å². The van der Waals surface area contributed by atoms with Crippen LogP contribution in [0.5, 0.6) is 0 Å². The lowest BCUT2D eigenvalue weighted by Crippen LogP contribution is -2.60. The van der Waals surface area contributed by atoms with Crippen LogP contribution in [0.1, 0.15) is 249 Å². The maximum absolute atomic E-state index is 11.7. The Kier molecular flexibility index (Phi) is 50.7. The van der Waals surface area contributed by atoms with Crippen molar-refractivity contribution in [2.75, 3.05) is 79.3 Å². The summed E-state index contributed by atoms with van der Waals surface area (Å²) < 4.78 is 76.0. The Bertz CT molecular complexity index is 2560. The lowest BCUT2D eigenvalue weighted by molar-refractivity contribution is -0.318. The van der Waals surface area contributed by atoms with Gasteiger partial charge in [0.25, 0.3) is 0 Å². The molecule has 0 saturated carbocycles. The topological polar surface area (TPSA) is 596 Å². The summed E-state index contributed by atoms with van der Waals surface area (Å²) in [5.41, 5.74) is -3.07. The van der Waals surface area contributed by atoms with Gasteiger partial charge in [0.2, 0.25) is 0 Å². The maximum Gasteiger partial charge on any atom is 0.186 e. The van der Waals surface area contributed by atoms with Gasteiger partial charge in [0.15, 0.2) is 37.7 Å². The third kappa shape index (κ3) is 33.1. The molecule has 12 unspecified atom stereocenters. The molecule has 126 heavy (non-hydrogen) atoms. The van der Waals surface area contributed by atoms with Crippen LogP contribution in [-0.4, -0.2) is 386 Å². The first-order valence-corrected chi connectivity index (χ1v) is 47.1. The molecule has 6 aliphatic heterocycles. The van der Waals surface area contributed by atoms with Gasteiger partial charge in [-0.3, -0.25) is 0 Å². The zero-order valence-corrected chi connectivity index (χ0v) is 74.6. The van der Waals surface area contributed by atoms with Crippen LogP contribution in [0.2, 0.25) is 0 Å². The van der Waals surface area contributed by atoms with Crippen LogP contribution in [0.3, 0.4) is 0 Å². The highest BCUT2D eigenvalue weighted by Gasteiger charge is 2.53. The largest absolute Gasteiger partial charge is 0.394 e. The summed E-state index contributed by atoms with van der Waals surface area (Å²) in [6, 6.07) is 5.52. The summed E-state index contributed by atoms with van der Waals surface area (Å²) >= 11 is 0. The maximum atomic E-state index is 11.7. The van der Waals surface area contributed by atoms with E-state index in [-0.39, 0.29) is 38.5 Å². The van der Waals surface area contributed by atoms with Crippen LogP contribution >= 0.6 is 0 Å². The summed E-state index contributed by atoms with van der Waals surface area (Å²) in [5, 5.41) is 268. The number of hydrogen-bond acceptors (Lipinski definition) is 36. The van der Waals surface area contributed by atoms with Gasteiger partial charge in [-0.05, 0) is 55.2 Å². The molecule has 0 aliphatic carbocycles. The zero-order valence-electron chi connectivity index (χ0n) is 74.6. The van der Waals surface area contributed by atoms with Crippen molar-refractivity contribution in [1.29, 1.82) is 0 Å². The first kappa shape index (κ1) is 111. The molecule has 1 aromatic rings. The van der Waals surface area contributed by atoms with Gasteiger partial charge >= 0.3 is 0 Å². The molecule has 6 aliphatic rings. The summed E-state index contributed by atoms with van der Waals surface area (Å²) in [4.78, 5) is 0. The molecule has 0 aromatic heterocycles. The van der Waals surface area contributed by atoms with E-state index in [1.165, 1.54) is 0 Å². The Morgan fingerprint density at radius 3 is 0.492 bits per heavy atom. The van der Waals surface area contributed by atoms with E-state index in [0.29, 0.717) is 55.2 Å². The number of ether oxygens (including phenoxy) is 12. The number of aliphatic hydroxyl groups is 24. The van der Waals surface area contributed by atoms with Crippen LogP contribution in [0.15, 0.2) is 18.2 Å². The molecule has 36 heteroatoms. The Labute approximate surface area is 742 Å². The third-order valence-electron chi connectivity index (χ3n) is 26.4. The predicted octanol–water partition coefficient (Wildman–Crippen LogP) is 0.105. The molecule has 0 amide bonds.